The highest BCUT2D eigenvalue weighted by Gasteiger charge is 2.43. The Bertz CT molecular complexity index is 1100. The van der Waals surface area contributed by atoms with Crippen molar-refractivity contribution >= 4 is 22.6 Å². The van der Waals surface area contributed by atoms with Gasteiger partial charge in [0.1, 0.15) is 35.0 Å². The zero-order valence-corrected chi connectivity index (χ0v) is 14.7. The van der Waals surface area contributed by atoms with Gasteiger partial charge in [0.2, 0.25) is 5.91 Å². The summed E-state index contributed by atoms with van der Waals surface area (Å²) in [5, 5.41) is 11.7. The number of aromatic nitrogens is 3. The van der Waals surface area contributed by atoms with E-state index in [9.17, 15) is 9.18 Å². The average molecular weight is 365 g/mol. The minimum absolute atomic E-state index is 0.253. The average Bonchev–Trinajstić information content (AvgIpc) is 3.27. The second kappa shape index (κ2) is 6.36. The lowest BCUT2D eigenvalue weighted by Crippen LogP contribution is -2.15. The van der Waals surface area contributed by atoms with Crippen LogP contribution in [0.5, 0.6) is 11.5 Å². The van der Waals surface area contributed by atoms with E-state index in [2.05, 4.69) is 15.3 Å². The van der Waals surface area contributed by atoms with Gasteiger partial charge < -0.3 is 14.6 Å². The Morgan fingerprint density at radius 2 is 2.19 bits per heavy atom. The van der Waals surface area contributed by atoms with Crippen molar-refractivity contribution < 1.29 is 13.9 Å². The number of aryl methyl sites for hydroxylation is 2. The van der Waals surface area contributed by atoms with Gasteiger partial charge in [0.05, 0.1) is 29.6 Å². The highest BCUT2D eigenvalue weighted by Crippen LogP contribution is 2.37. The third-order valence-electron chi connectivity index (χ3n) is 4.52. The molecule has 136 valence electrons. The number of imidazole rings is 1. The first-order valence-corrected chi connectivity index (χ1v) is 8.41. The number of carbonyl (C=O) groups excluding carboxylic acids is 1. The van der Waals surface area contributed by atoms with E-state index in [4.69, 9.17) is 10.00 Å². The number of alkyl halides is 1. The van der Waals surface area contributed by atoms with E-state index in [1.807, 2.05) is 20.0 Å². The van der Waals surface area contributed by atoms with Crippen LogP contribution in [-0.4, -0.2) is 26.6 Å². The maximum atomic E-state index is 13.2. The molecule has 2 heterocycles. The van der Waals surface area contributed by atoms with E-state index < -0.39 is 12.1 Å². The number of nitrogens with zero attached hydrogens (tertiary/aromatic N) is 4. The second-order valence-corrected chi connectivity index (χ2v) is 6.59. The van der Waals surface area contributed by atoms with E-state index in [1.165, 1.54) is 6.20 Å². The molecule has 1 aromatic carbocycles. The van der Waals surface area contributed by atoms with Gasteiger partial charge in [-0.25, -0.2) is 14.4 Å². The molecule has 8 heteroatoms. The van der Waals surface area contributed by atoms with Crippen LogP contribution in [0.25, 0.3) is 11.0 Å². The van der Waals surface area contributed by atoms with Crippen molar-refractivity contribution in [3.8, 4) is 17.6 Å². The fourth-order valence-corrected chi connectivity index (χ4v) is 2.86. The lowest BCUT2D eigenvalue weighted by Gasteiger charge is -2.12. The summed E-state index contributed by atoms with van der Waals surface area (Å²) in [7, 11) is 1.83. The maximum absolute atomic E-state index is 13.2. The molecule has 1 amide bonds. The summed E-state index contributed by atoms with van der Waals surface area (Å²) in [6.45, 7) is 1.82. The number of carbonyl (C=O) groups is 1. The van der Waals surface area contributed by atoms with E-state index in [1.54, 1.807) is 29.1 Å². The number of ether oxygens (including phenoxy) is 1. The van der Waals surface area contributed by atoms with Crippen molar-refractivity contribution in [1.82, 2.24) is 14.5 Å². The zero-order valence-electron chi connectivity index (χ0n) is 14.7. The molecule has 0 unspecified atom stereocenters. The number of nitriles is 1. The Kier molecular flexibility index (Phi) is 4.00. The number of anilines is 1. The van der Waals surface area contributed by atoms with Gasteiger partial charge in [-0.1, -0.05) is 0 Å². The number of amides is 1. The number of benzene rings is 1. The molecule has 7 nitrogen and oxygen atoms in total. The summed E-state index contributed by atoms with van der Waals surface area (Å²) in [5.41, 5.74) is 2.89. The molecular formula is C19H16FN5O2. The van der Waals surface area contributed by atoms with E-state index in [-0.39, 0.29) is 12.3 Å². The molecule has 2 atom stereocenters. The van der Waals surface area contributed by atoms with Crippen LogP contribution < -0.4 is 10.1 Å². The normalized spacial score (nSPS) is 18.1. The largest absolute Gasteiger partial charge is 0.455 e. The van der Waals surface area contributed by atoms with Crippen LogP contribution in [0.3, 0.4) is 0 Å². The monoisotopic (exact) mass is 365 g/mol. The van der Waals surface area contributed by atoms with Crippen LogP contribution >= 0.6 is 0 Å². The van der Waals surface area contributed by atoms with Crippen molar-refractivity contribution in [2.75, 3.05) is 5.32 Å². The number of halogens is 1. The zero-order chi connectivity index (χ0) is 19.1. The third-order valence-corrected chi connectivity index (χ3v) is 4.52. The smallest absolute Gasteiger partial charge is 0.230 e. The summed E-state index contributed by atoms with van der Waals surface area (Å²) < 4.78 is 20.9. The minimum atomic E-state index is -1.07. The number of pyridine rings is 1. The Morgan fingerprint density at radius 3 is 2.85 bits per heavy atom. The van der Waals surface area contributed by atoms with Gasteiger partial charge in [0, 0.05) is 19.2 Å². The molecule has 27 heavy (non-hydrogen) atoms. The first-order valence-electron chi connectivity index (χ1n) is 8.41. The SMILES string of the molecule is Cc1cc(C#N)ncc1Oc1cc(NC(=O)[C@H]2C[C@H]2F)c2ncn(C)c2c1. The Morgan fingerprint density at radius 1 is 1.41 bits per heavy atom. The fourth-order valence-electron chi connectivity index (χ4n) is 2.86. The molecule has 0 saturated heterocycles. The molecule has 2 aromatic heterocycles. The van der Waals surface area contributed by atoms with E-state index in [0.29, 0.717) is 28.4 Å². The number of fused-ring (bicyclic) bond motifs is 1. The number of rotatable bonds is 4. The Hall–Kier alpha value is -3.47. The van der Waals surface area contributed by atoms with Crippen molar-refractivity contribution in [2.24, 2.45) is 13.0 Å². The molecule has 3 aromatic rings. The van der Waals surface area contributed by atoms with Crippen molar-refractivity contribution in [3.63, 3.8) is 0 Å². The molecular weight excluding hydrogens is 349 g/mol. The minimum Gasteiger partial charge on any atom is -0.455 e. The van der Waals surface area contributed by atoms with Crippen LogP contribution in [0.1, 0.15) is 17.7 Å². The van der Waals surface area contributed by atoms with Crippen molar-refractivity contribution in [2.45, 2.75) is 19.5 Å². The van der Waals surface area contributed by atoms with E-state index >= 15 is 0 Å². The molecule has 1 aliphatic carbocycles. The maximum Gasteiger partial charge on any atom is 0.230 e. The fraction of sp³-hybridized carbons (Fsp3) is 0.263. The number of nitrogens with one attached hydrogen (secondary N) is 1. The highest BCUT2D eigenvalue weighted by atomic mass is 19.1. The summed E-state index contributed by atoms with van der Waals surface area (Å²) in [6.07, 6.45) is 2.30. The van der Waals surface area contributed by atoms with Gasteiger partial charge in [0.25, 0.3) is 0 Å². The third kappa shape index (κ3) is 3.19. The predicted molar refractivity (Wildman–Crippen MR) is 96.1 cm³/mol. The van der Waals surface area contributed by atoms with E-state index in [0.717, 1.165) is 11.1 Å². The lowest BCUT2D eigenvalue weighted by molar-refractivity contribution is -0.117. The van der Waals surface area contributed by atoms with Crippen LogP contribution in [0.15, 0.2) is 30.7 Å². The molecule has 0 radical (unpaired) electrons. The molecule has 1 N–H and O–H groups in total. The van der Waals surface area contributed by atoms with Crippen LogP contribution in [0, 0.1) is 24.2 Å². The van der Waals surface area contributed by atoms with Crippen molar-refractivity contribution in [3.05, 3.63) is 42.0 Å². The van der Waals surface area contributed by atoms with Crippen molar-refractivity contribution in [1.29, 1.82) is 5.26 Å². The van der Waals surface area contributed by atoms with Crippen LogP contribution in [0.2, 0.25) is 0 Å². The highest BCUT2D eigenvalue weighted by molar-refractivity contribution is 6.02. The molecule has 0 aliphatic heterocycles. The summed E-state index contributed by atoms with van der Waals surface area (Å²) >= 11 is 0. The van der Waals surface area contributed by atoms with Gasteiger partial charge in [-0.2, -0.15) is 5.26 Å². The predicted octanol–water partition coefficient (Wildman–Crippen LogP) is 3.24. The first kappa shape index (κ1) is 17.0. The van der Waals surface area contributed by atoms with Gasteiger partial charge >= 0.3 is 0 Å². The molecule has 0 bridgehead atoms. The molecule has 0 spiro atoms. The Labute approximate surface area is 154 Å². The van der Waals surface area contributed by atoms with Crippen LogP contribution in [-0.2, 0) is 11.8 Å². The number of hydrogen-bond acceptors (Lipinski definition) is 5. The topological polar surface area (TPSA) is 92.8 Å². The molecule has 4 rings (SSSR count). The lowest BCUT2D eigenvalue weighted by atomic mass is 10.2. The quantitative estimate of drug-likeness (QED) is 0.766. The van der Waals surface area contributed by atoms with Gasteiger partial charge in [-0.3, -0.25) is 4.79 Å². The van der Waals surface area contributed by atoms with Crippen LogP contribution in [0.4, 0.5) is 10.1 Å². The Balaban J connectivity index is 1.69. The molecule has 1 saturated carbocycles. The molecule has 1 aliphatic rings. The van der Waals surface area contributed by atoms with Gasteiger partial charge in [-0.05, 0) is 25.0 Å². The van der Waals surface area contributed by atoms with Gasteiger partial charge in [-0.15, -0.1) is 0 Å². The molecule has 1 fully saturated rings. The van der Waals surface area contributed by atoms with Gasteiger partial charge in [0.15, 0.2) is 0 Å². The summed E-state index contributed by atoms with van der Waals surface area (Å²) in [4.78, 5) is 20.5. The summed E-state index contributed by atoms with van der Waals surface area (Å²) in [5.74, 6) is 0.0172. The second-order valence-electron chi connectivity index (χ2n) is 6.59. The summed E-state index contributed by atoms with van der Waals surface area (Å²) in [6, 6.07) is 7.07. The number of hydrogen-bond donors (Lipinski definition) is 1. The first-order chi connectivity index (χ1) is 13.0. The standard InChI is InChI=1S/C19H16FN5O2/c1-10-3-11(7-21)22-8-17(10)27-12-4-15(24-19(26)13-6-14(13)20)18-16(5-12)25(2)9-23-18/h3-5,8-9,13-14H,6H2,1-2H3,(H,24,26)/t13-,14+/m0/s1.